The van der Waals surface area contributed by atoms with Crippen molar-refractivity contribution in [3.05, 3.63) is 70.3 Å². The molecule has 2 aromatic carbocycles. The summed E-state index contributed by atoms with van der Waals surface area (Å²) in [6.45, 7) is -0.288. The normalized spacial score (nSPS) is 10.3. The third-order valence-corrected chi connectivity index (χ3v) is 3.17. The van der Waals surface area contributed by atoms with Crippen LogP contribution in [0.4, 0.5) is 16.2 Å². The highest BCUT2D eigenvalue weighted by Gasteiger charge is 2.08. The van der Waals surface area contributed by atoms with Gasteiger partial charge in [0, 0.05) is 30.5 Å². The number of rotatable bonds is 7. The van der Waals surface area contributed by atoms with Crippen molar-refractivity contribution in [3.8, 4) is 0 Å². The van der Waals surface area contributed by atoms with Crippen molar-refractivity contribution in [2.24, 2.45) is 5.10 Å². The predicted octanol–water partition coefficient (Wildman–Crippen LogP) is 2.06. The highest BCUT2D eigenvalue weighted by atomic mass is 16.6. The van der Waals surface area contributed by atoms with Crippen molar-refractivity contribution in [2.75, 3.05) is 11.9 Å². The SMILES string of the molecule is O=C(CNC(=O)Nc1cccc([N+](=O)[O-])c1)N/N=C/Cc1ccccc1. The molecule has 134 valence electrons. The van der Waals surface area contributed by atoms with E-state index < -0.39 is 16.9 Å². The molecule has 0 bridgehead atoms. The summed E-state index contributed by atoms with van der Waals surface area (Å²) >= 11 is 0. The Labute approximate surface area is 149 Å². The molecule has 9 heteroatoms. The third kappa shape index (κ3) is 6.40. The largest absolute Gasteiger partial charge is 0.329 e. The molecule has 0 saturated heterocycles. The fourth-order valence-electron chi connectivity index (χ4n) is 1.96. The van der Waals surface area contributed by atoms with Crippen molar-refractivity contribution < 1.29 is 14.5 Å². The van der Waals surface area contributed by atoms with Gasteiger partial charge in [0.1, 0.15) is 6.54 Å². The summed E-state index contributed by atoms with van der Waals surface area (Å²) < 4.78 is 0. The molecular formula is C17H17N5O4. The van der Waals surface area contributed by atoms with Gasteiger partial charge in [0.2, 0.25) is 0 Å². The summed E-state index contributed by atoms with van der Waals surface area (Å²) in [6, 6.07) is 14.4. The number of non-ortho nitro benzene ring substituents is 1. The molecule has 0 saturated carbocycles. The van der Waals surface area contributed by atoms with Crippen LogP contribution in [0, 0.1) is 10.1 Å². The van der Waals surface area contributed by atoms with Crippen LogP contribution in [0.3, 0.4) is 0 Å². The van der Waals surface area contributed by atoms with Gasteiger partial charge >= 0.3 is 6.03 Å². The van der Waals surface area contributed by atoms with Gasteiger partial charge in [-0.25, -0.2) is 10.2 Å². The van der Waals surface area contributed by atoms with E-state index in [0.29, 0.717) is 6.42 Å². The zero-order chi connectivity index (χ0) is 18.8. The van der Waals surface area contributed by atoms with Crippen LogP contribution in [0.2, 0.25) is 0 Å². The van der Waals surface area contributed by atoms with Gasteiger partial charge in [-0.05, 0) is 11.6 Å². The van der Waals surface area contributed by atoms with Crippen LogP contribution < -0.4 is 16.1 Å². The van der Waals surface area contributed by atoms with E-state index in [1.807, 2.05) is 30.3 Å². The summed E-state index contributed by atoms with van der Waals surface area (Å²) in [4.78, 5) is 33.4. The minimum absolute atomic E-state index is 0.145. The topological polar surface area (TPSA) is 126 Å². The smallest absolute Gasteiger partial charge is 0.319 e. The summed E-state index contributed by atoms with van der Waals surface area (Å²) in [5, 5.41) is 19.2. The highest BCUT2D eigenvalue weighted by molar-refractivity contribution is 5.92. The second-order valence-electron chi connectivity index (χ2n) is 5.15. The maximum atomic E-state index is 11.7. The van der Waals surface area contributed by atoms with Gasteiger partial charge < -0.3 is 10.6 Å². The Kier molecular flexibility index (Phi) is 6.81. The Bertz CT molecular complexity index is 808. The number of carbonyl (C=O) groups excluding carboxylic acids is 2. The number of carbonyl (C=O) groups is 2. The lowest BCUT2D eigenvalue weighted by Crippen LogP contribution is -2.37. The molecule has 9 nitrogen and oxygen atoms in total. The molecule has 2 aromatic rings. The summed E-state index contributed by atoms with van der Waals surface area (Å²) in [5.74, 6) is -0.497. The van der Waals surface area contributed by atoms with Crippen molar-refractivity contribution in [1.29, 1.82) is 0 Å². The number of benzene rings is 2. The van der Waals surface area contributed by atoms with E-state index in [9.17, 15) is 19.7 Å². The Morgan fingerprint density at radius 3 is 2.62 bits per heavy atom. The number of nitro groups is 1. The van der Waals surface area contributed by atoms with Gasteiger partial charge in [-0.3, -0.25) is 14.9 Å². The molecule has 3 amide bonds. The van der Waals surface area contributed by atoms with Gasteiger partial charge in [-0.2, -0.15) is 5.10 Å². The first-order valence-corrected chi connectivity index (χ1v) is 7.68. The molecule has 0 radical (unpaired) electrons. The molecular weight excluding hydrogens is 338 g/mol. The van der Waals surface area contributed by atoms with Gasteiger partial charge in [-0.15, -0.1) is 0 Å². The van der Waals surface area contributed by atoms with Crippen molar-refractivity contribution in [3.63, 3.8) is 0 Å². The monoisotopic (exact) mass is 355 g/mol. The molecule has 2 rings (SSSR count). The summed E-state index contributed by atoms with van der Waals surface area (Å²) in [5.41, 5.74) is 3.45. The van der Waals surface area contributed by atoms with Crippen molar-refractivity contribution in [1.82, 2.24) is 10.7 Å². The molecule has 0 fully saturated rings. The van der Waals surface area contributed by atoms with E-state index in [1.54, 1.807) is 6.21 Å². The van der Waals surface area contributed by atoms with E-state index in [1.165, 1.54) is 24.3 Å². The number of hydrogen-bond acceptors (Lipinski definition) is 5. The quantitative estimate of drug-likeness (QED) is 0.399. The van der Waals surface area contributed by atoms with Crippen molar-refractivity contribution >= 4 is 29.5 Å². The van der Waals surface area contributed by atoms with Crippen LogP contribution >= 0.6 is 0 Å². The lowest BCUT2D eigenvalue weighted by Gasteiger charge is -2.06. The second-order valence-corrected chi connectivity index (χ2v) is 5.15. The maximum Gasteiger partial charge on any atom is 0.319 e. The predicted molar refractivity (Wildman–Crippen MR) is 96.9 cm³/mol. The molecule has 0 aliphatic rings. The Morgan fingerprint density at radius 1 is 1.12 bits per heavy atom. The Balaban J connectivity index is 1.70. The second kappa shape index (κ2) is 9.52. The molecule has 0 aliphatic heterocycles. The molecule has 26 heavy (non-hydrogen) atoms. The van der Waals surface area contributed by atoms with Crippen LogP contribution in [-0.4, -0.2) is 29.6 Å². The van der Waals surface area contributed by atoms with Crippen LogP contribution in [-0.2, 0) is 11.2 Å². The average Bonchev–Trinajstić information content (AvgIpc) is 2.64. The first-order valence-electron chi connectivity index (χ1n) is 7.68. The van der Waals surface area contributed by atoms with Gasteiger partial charge in [0.25, 0.3) is 11.6 Å². The minimum Gasteiger partial charge on any atom is -0.329 e. The van der Waals surface area contributed by atoms with Gasteiger partial charge in [0.05, 0.1) is 4.92 Å². The number of nitrogens with one attached hydrogen (secondary N) is 3. The number of hydrogen-bond donors (Lipinski definition) is 3. The molecule has 3 N–H and O–H groups in total. The maximum absolute atomic E-state index is 11.7. The Hall–Kier alpha value is -3.75. The molecule has 0 atom stereocenters. The van der Waals surface area contributed by atoms with Gasteiger partial charge in [-0.1, -0.05) is 36.4 Å². The summed E-state index contributed by atoms with van der Waals surface area (Å²) in [7, 11) is 0. The number of anilines is 1. The number of nitrogens with zero attached hydrogens (tertiary/aromatic N) is 2. The van der Waals surface area contributed by atoms with E-state index in [0.717, 1.165) is 5.56 Å². The van der Waals surface area contributed by atoms with Gasteiger partial charge in [0.15, 0.2) is 0 Å². The fraction of sp³-hybridized carbons (Fsp3) is 0.118. The third-order valence-electron chi connectivity index (χ3n) is 3.17. The van der Waals surface area contributed by atoms with E-state index in [-0.39, 0.29) is 17.9 Å². The first-order chi connectivity index (χ1) is 12.5. The standard InChI is InChI=1S/C17H17N5O4/c23-16(21-19-10-9-13-5-2-1-3-6-13)12-18-17(24)20-14-7-4-8-15(11-14)22(25)26/h1-8,10-11H,9,12H2,(H,21,23)(H2,18,20,24)/b19-10+. The molecule has 0 aromatic heterocycles. The molecule has 0 spiro atoms. The molecule has 0 unspecified atom stereocenters. The van der Waals surface area contributed by atoms with E-state index >= 15 is 0 Å². The lowest BCUT2D eigenvalue weighted by molar-refractivity contribution is -0.384. The van der Waals surface area contributed by atoms with Crippen LogP contribution in [0.25, 0.3) is 0 Å². The molecule has 0 heterocycles. The lowest BCUT2D eigenvalue weighted by atomic mass is 10.2. The fourth-order valence-corrected chi connectivity index (χ4v) is 1.96. The number of nitro benzene ring substituents is 1. The average molecular weight is 355 g/mol. The van der Waals surface area contributed by atoms with Crippen LogP contribution in [0.5, 0.6) is 0 Å². The molecule has 0 aliphatic carbocycles. The zero-order valence-electron chi connectivity index (χ0n) is 13.7. The minimum atomic E-state index is -0.658. The highest BCUT2D eigenvalue weighted by Crippen LogP contribution is 2.16. The van der Waals surface area contributed by atoms with E-state index in [2.05, 4.69) is 21.2 Å². The number of urea groups is 1. The van der Waals surface area contributed by atoms with Crippen LogP contribution in [0.15, 0.2) is 59.7 Å². The number of hydrazone groups is 1. The van der Waals surface area contributed by atoms with Crippen molar-refractivity contribution in [2.45, 2.75) is 6.42 Å². The zero-order valence-corrected chi connectivity index (χ0v) is 13.7. The first kappa shape index (κ1) is 18.6. The number of amides is 3. The van der Waals surface area contributed by atoms with Crippen LogP contribution in [0.1, 0.15) is 5.56 Å². The summed E-state index contributed by atoms with van der Waals surface area (Å²) in [6.07, 6.45) is 2.12. The Morgan fingerprint density at radius 2 is 1.88 bits per heavy atom. The van der Waals surface area contributed by atoms with E-state index in [4.69, 9.17) is 0 Å².